The number of para-hydroxylation sites is 4. The summed E-state index contributed by atoms with van der Waals surface area (Å²) in [7, 11) is 0. The molecule has 7 heteroatoms. The third kappa shape index (κ3) is 6.58. The van der Waals surface area contributed by atoms with E-state index in [2.05, 4.69) is 269 Å². The largest absolute Gasteiger partial charge is 0.458 e. The molecule has 0 saturated heterocycles. The molecule has 17 rings (SSSR count). The van der Waals surface area contributed by atoms with Crippen molar-refractivity contribution in [3.05, 3.63) is 266 Å². The topological polar surface area (TPSA) is 46.1 Å². The van der Waals surface area contributed by atoms with Crippen LogP contribution in [-0.2, 0) is 0 Å². The van der Waals surface area contributed by atoms with Crippen molar-refractivity contribution in [2.75, 3.05) is 4.90 Å². The van der Waals surface area contributed by atoms with Crippen molar-refractivity contribution in [3.63, 3.8) is 0 Å². The summed E-state index contributed by atoms with van der Waals surface area (Å²) in [6, 6.07) is 97.3. The molecule has 0 fully saturated rings. The normalized spacial score (nSPS) is 12.5. The lowest BCUT2D eigenvalue weighted by Gasteiger charge is -2.42. The van der Waals surface area contributed by atoms with Crippen LogP contribution in [0.25, 0.3) is 109 Å². The van der Waals surface area contributed by atoms with E-state index in [1.807, 2.05) is 23.5 Å². The number of rotatable bonds is 6. The highest BCUT2D eigenvalue weighted by Gasteiger charge is 2.44. The highest BCUT2D eigenvalue weighted by molar-refractivity contribution is 7.25. The van der Waals surface area contributed by atoms with Crippen molar-refractivity contribution < 1.29 is 4.74 Å². The predicted octanol–water partition coefficient (Wildman–Crippen LogP) is 17.5. The van der Waals surface area contributed by atoms with E-state index >= 15 is 0 Å². The molecule has 0 radical (unpaired) electrons. The van der Waals surface area contributed by atoms with Crippen LogP contribution in [0.3, 0.4) is 0 Å². The monoisotopic (exact) mass is 1030 g/mol. The number of aromatic nitrogens is 2. The number of hydrogen-bond donors (Lipinski definition) is 0. The maximum atomic E-state index is 10.2. The molecule has 0 amide bonds. The fraction of sp³-hybridized carbons (Fsp3) is 0. The van der Waals surface area contributed by atoms with E-state index in [0.717, 1.165) is 117 Å². The van der Waals surface area contributed by atoms with E-state index in [0.29, 0.717) is 5.56 Å². The Labute approximate surface area is 465 Å². The number of anilines is 3. The molecule has 0 atom stereocenters. The Bertz CT molecular complexity index is 5090. The smallest absolute Gasteiger partial charge is 0.256 e. The zero-order valence-corrected chi connectivity index (χ0v) is 43.8. The van der Waals surface area contributed by atoms with Gasteiger partial charge in [0.1, 0.15) is 11.5 Å². The average molecular weight is 1040 g/mol. The number of benzene rings is 12. The second-order valence-electron chi connectivity index (χ2n) is 21.1. The van der Waals surface area contributed by atoms with Crippen LogP contribution in [0.15, 0.2) is 261 Å². The summed E-state index contributed by atoms with van der Waals surface area (Å²) < 4.78 is 14.8. The summed E-state index contributed by atoms with van der Waals surface area (Å²) in [5, 5.41) is 17.2. The maximum absolute atomic E-state index is 10.2. The number of hydrogen-bond acceptors (Lipinski definition) is 4. The summed E-state index contributed by atoms with van der Waals surface area (Å²) >= 11 is 1.85. The van der Waals surface area contributed by atoms with Gasteiger partial charge in [-0.05, 0) is 117 Å². The van der Waals surface area contributed by atoms with E-state index in [9.17, 15) is 5.26 Å². The van der Waals surface area contributed by atoms with Crippen LogP contribution >= 0.6 is 11.3 Å². The van der Waals surface area contributed by atoms with Gasteiger partial charge in [0.15, 0.2) is 0 Å². The molecule has 5 nitrogen and oxygen atoms in total. The van der Waals surface area contributed by atoms with Crippen molar-refractivity contribution in [1.29, 1.82) is 5.26 Å². The maximum Gasteiger partial charge on any atom is 0.256 e. The standard InChI is InChI=1S/C73H43BN4OS/c75-44-45-30-35-64-58(38-45)55-22-9-11-25-61(55)76(64)51-42-67-72-69(43-51)79-68-37-33-49(47-18-5-2-6-19-47)40-60(68)74(72)59-39-48(46-16-3-1-4-17-46)32-36-65(59)78(67)73-52(50-31-34-57-56-23-10-14-29-70(56)80-71(57)41-50)24-15-28-66(73)77-62-26-12-7-20-53(62)54-21-8-13-27-63(54)77/h1-43H. The Morgan fingerprint density at radius 1 is 0.375 bits per heavy atom. The van der Waals surface area contributed by atoms with Gasteiger partial charge in [-0.15, -0.1) is 11.3 Å². The number of fused-ring (bicyclic) bond motifs is 13. The Morgan fingerprint density at radius 3 is 1.70 bits per heavy atom. The van der Waals surface area contributed by atoms with Gasteiger partial charge in [-0.2, -0.15) is 5.26 Å². The lowest BCUT2D eigenvalue weighted by atomic mass is 9.34. The van der Waals surface area contributed by atoms with Crippen molar-refractivity contribution >= 4 is 115 Å². The summed E-state index contributed by atoms with van der Waals surface area (Å²) in [5.41, 5.74) is 20.3. The Hall–Kier alpha value is -10.4. The van der Waals surface area contributed by atoms with E-state index in [1.165, 1.54) is 36.4 Å². The average Bonchev–Trinajstić information content (AvgIpc) is 4.29. The first-order valence-electron chi connectivity index (χ1n) is 27.2. The molecular formula is C73H43BN4OS. The van der Waals surface area contributed by atoms with Gasteiger partial charge in [0.2, 0.25) is 0 Å². The number of thiophene rings is 1. The molecule has 3 aromatic heterocycles. The van der Waals surface area contributed by atoms with Gasteiger partial charge in [-0.25, -0.2) is 0 Å². The second-order valence-corrected chi connectivity index (χ2v) is 22.1. The predicted molar refractivity (Wildman–Crippen MR) is 335 cm³/mol. The number of nitriles is 1. The first-order chi connectivity index (χ1) is 39.6. The third-order valence-electron chi connectivity index (χ3n) is 16.8. The molecular weight excluding hydrogens is 992 g/mol. The van der Waals surface area contributed by atoms with Crippen LogP contribution in [0.1, 0.15) is 5.56 Å². The highest BCUT2D eigenvalue weighted by Crippen LogP contribution is 2.51. The molecule has 0 unspecified atom stereocenters. The quantitative estimate of drug-likeness (QED) is 0.156. The summed E-state index contributed by atoms with van der Waals surface area (Å²) in [4.78, 5) is 2.57. The molecule has 370 valence electrons. The van der Waals surface area contributed by atoms with Crippen LogP contribution in [0.5, 0.6) is 11.5 Å². The second kappa shape index (κ2) is 17.3. The van der Waals surface area contributed by atoms with Gasteiger partial charge < -0.3 is 18.8 Å². The van der Waals surface area contributed by atoms with Crippen LogP contribution < -0.4 is 26.0 Å². The number of nitrogens with zero attached hydrogens (tertiary/aromatic N) is 4. The number of ether oxygens (including phenoxy) is 1. The Morgan fingerprint density at radius 2 is 0.975 bits per heavy atom. The van der Waals surface area contributed by atoms with E-state index < -0.39 is 0 Å². The first kappa shape index (κ1) is 44.7. The summed E-state index contributed by atoms with van der Waals surface area (Å²) in [6.45, 7) is -0.216. The van der Waals surface area contributed by atoms with Crippen molar-refractivity contribution in [2.24, 2.45) is 0 Å². The Balaban J connectivity index is 1.03. The van der Waals surface area contributed by atoms with Gasteiger partial charge in [0, 0.05) is 64.7 Å². The zero-order chi connectivity index (χ0) is 52.6. The van der Waals surface area contributed by atoms with Crippen molar-refractivity contribution in [1.82, 2.24) is 9.13 Å². The van der Waals surface area contributed by atoms with Gasteiger partial charge >= 0.3 is 0 Å². The third-order valence-corrected chi connectivity index (χ3v) is 17.9. The highest BCUT2D eigenvalue weighted by atomic mass is 32.1. The van der Waals surface area contributed by atoms with Crippen LogP contribution in [0, 0.1) is 11.3 Å². The van der Waals surface area contributed by atoms with Crippen LogP contribution in [0.4, 0.5) is 17.1 Å². The fourth-order valence-corrected chi connectivity index (χ4v) is 14.5. The lowest BCUT2D eigenvalue weighted by Crippen LogP contribution is -2.59. The van der Waals surface area contributed by atoms with E-state index in [1.54, 1.807) is 0 Å². The molecule has 2 aliphatic rings. The van der Waals surface area contributed by atoms with E-state index in [4.69, 9.17) is 4.74 Å². The minimum atomic E-state index is -0.216. The fourth-order valence-electron chi connectivity index (χ4n) is 13.3. The molecule has 5 heterocycles. The zero-order valence-electron chi connectivity index (χ0n) is 43.0. The molecule has 12 aromatic carbocycles. The molecule has 80 heavy (non-hydrogen) atoms. The van der Waals surface area contributed by atoms with Crippen LogP contribution in [-0.4, -0.2) is 15.8 Å². The van der Waals surface area contributed by atoms with Gasteiger partial charge in [0.05, 0.1) is 50.8 Å². The molecule has 0 N–H and O–H groups in total. The molecule has 0 bridgehead atoms. The molecule has 0 spiro atoms. The van der Waals surface area contributed by atoms with Crippen molar-refractivity contribution in [2.45, 2.75) is 0 Å². The lowest BCUT2D eigenvalue weighted by molar-refractivity contribution is 0.487. The molecule has 0 aliphatic carbocycles. The van der Waals surface area contributed by atoms with Crippen molar-refractivity contribution in [3.8, 4) is 62.3 Å². The van der Waals surface area contributed by atoms with Crippen LogP contribution in [0.2, 0.25) is 0 Å². The molecule has 15 aromatic rings. The first-order valence-corrected chi connectivity index (χ1v) is 28.0. The molecule has 0 saturated carbocycles. The van der Waals surface area contributed by atoms with Gasteiger partial charge in [0.25, 0.3) is 6.71 Å². The SMILES string of the molecule is N#Cc1ccc2c(c1)c1ccccc1n2-c1cc2c3c(c1)N(c1c(-c4ccc5c(c4)sc4ccccc45)cccc1-n1c4ccccc4c4ccccc41)c1ccc(-c4ccccc4)cc1B3c1cc(-c3ccccc3)ccc1O2. The minimum absolute atomic E-state index is 0.216. The minimum Gasteiger partial charge on any atom is -0.458 e. The summed E-state index contributed by atoms with van der Waals surface area (Å²) in [6.07, 6.45) is 0. The summed E-state index contributed by atoms with van der Waals surface area (Å²) in [5.74, 6) is 1.63. The van der Waals surface area contributed by atoms with Gasteiger partial charge in [-0.1, -0.05) is 182 Å². The van der Waals surface area contributed by atoms with Gasteiger partial charge in [-0.3, -0.25) is 0 Å². The Kier molecular flexibility index (Phi) is 9.68. The molecule has 2 aliphatic heterocycles. The van der Waals surface area contributed by atoms with E-state index in [-0.39, 0.29) is 6.71 Å².